The van der Waals surface area contributed by atoms with E-state index >= 15 is 0 Å². The van der Waals surface area contributed by atoms with Crippen LogP contribution in [0, 0.1) is 0 Å². The van der Waals surface area contributed by atoms with Crippen molar-refractivity contribution in [1.29, 1.82) is 0 Å². The van der Waals surface area contributed by atoms with Gasteiger partial charge in [-0.05, 0) is 44.5 Å². The van der Waals surface area contributed by atoms with E-state index in [2.05, 4.69) is 48.3 Å². The number of rotatable bonds is 8. The van der Waals surface area contributed by atoms with Gasteiger partial charge < -0.3 is 10.1 Å². The fraction of sp³-hybridized carbons (Fsp3) is 0.500. The summed E-state index contributed by atoms with van der Waals surface area (Å²) in [4.78, 5) is 4.24. The van der Waals surface area contributed by atoms with Gasteiger partial charge in [-0.15, -0.1) is 0 Å². The highest BCUT2D eigenvalue weighted by molar-refractivity contribution is 5.27. The van der Waals surface area contributed by atoms with E-state index in [0.29, 0.717) is 6.61 Å². The van der Waals surface area contributed by atoms with Crippen molar-refractivity contribution < 1.29 is 4.74 Å². The fourth-order valence-electron chi connectivity index (χ4n) is 2.07. The highest BCUT2D eigenvalue weighted by Gasteiger charge is 2.08. The monoisotopic (exact) mass is 288 g/mol. The second-order valence-corrected chi connectivity index (χ2v) is 5.32. The van der Waals surface area contributed by atoms with Crippen molar-refractivity contribution in [2.75, 3.05) is 6.54 Å². The van der Waals surface area contributed by atoms with Gasteiger partial charge >= 0.3 is 0 Å². The number of nitrogens with zero attached hydrogens (tertiary/aromatic N) is 3. The van der Waals surface area contributed by atoms with Gasteiger partial charge in [-0.1, -0.05) is 19.1 Å². The van der Waals surface area contributed by atoms with Crippen molar-refractivity contribution in [2.45, 2.75) is 46.4 Å². The Bertz CT molecular complexity index is 533. The number of nitrogens with one attached hydrogen (secondary N) is 1. The van der Waals surface area contributed by atoms with Crippen LogP contribution in [0.2, 0.25) is 0 Å². The molecular formula is C16H24N4O. The number of hydrogen-bond donors (Lipinski definition) is 1. The summed E-state index contributed by atoms with van der Waals surface area (Å²) in [5.74, 6) is 1.70. The summed E-state index contributed by atoms with van der Waals surface area (Å²) >= 11 is 0. The molecule has 0 aliphatic carbocycles. The minimum absolute atomic E-state index is 0.290. The van der Waals surface area contributed by atoms with Crippen LogP contribution >= 0.6 is 0 Å². The summed E-state index contributed by atoms with van der Waals surface area (Å²) in [6, 6.07) is 8.46. The van der Waals surface area contributed by atoms with E-state index < -0.39 is 0 Å². The average Bonchev–Trinajstić information content (AvgIpc) is 2.95. The molecular weight excluding hydrogens is 264 g/mol. The lowest BCUT2D eigenvalue weighted by Gasteiger charge is -2.11. The standard InChI is InChI=1S/C16H24N4O/c1-4-9-17-10-14-5-7-15(8-6-14)21-11-16-18-12-19-20(16)13(2)3/h5-8,12-13,17H,4,9-11H2,1-3H3. The molecule has 2 aromatic rings. The molecule has 0 aliphatic rings. The minimum atomic E-state index is 0.290. The van der Waals surface area contributed by atoms with Crippen molar-refractivity contribution >= 4 is 0 Å². The molecule has 1 heterocycles. The Labute approximate surface area is 126 Å². The number of benzene rings is 1. The zero-order valence-electron chi connectivity index (χ0n) is 13.0. The molecule has 0 spiro atoms. The number of ether oxygens (including phenoxy) is 1. The van der Waals surface area contributed by atoms with Gasteiger partial charge in [0.25, 0.3) is 0 Å². The first-order valence-electron chi connectivity index (χ1n) is 7.51. The van der Waals surface area contributed by atoms with Gasteiger partial charge in [-0.3, -0.25) is 0 Å². The largest absolute Gasteiger partial charge is 0.486 e. The molecule has 1 aromatic carbocycles. The number of aromatic nitrogens is 3. The van der Waals surface area contributed by atoms with E-state index in [1.54, 1.807) is 6.33 Å². The highest BCUT2D eigenvalue weighted by atomic mass is 16.5. The van der Waals surface area contributed by atoms with Crippen LogP contribution in [0.4, 0.5) is 0 Å². The molecule has 1 aromatic heterocycles. The minimum Gasteiger partial charge on any atom is -0.486 e. The second-order valence-electron chi connectivity index (χ2n) is 5.32. The molecule has 0 atom stereocenters. The Morgan fingerprint density at radius 3 is 2.67 bits per heavy atom. The van der Waals surface area contributed by atoms with Crippen molar-refractivity contribution in [2.24, 2.45) is 0 Å². The Kier molecular flexibility index (Phi) is 5.75. The lowest BCUT2D eigenvalue weighted by atomic mass is 10.2. The van der Waals surface area contributed by atoms with E-state index in [1.807, 2.05) is 16.8 Å². The molecule has 0 fully saturated rings. The maximum Gasteiger partial charge on any atom is 0.165 e. The lowest BCUT2D eigenvalue weighted by Crippen LogP contribution is -2.13. The zero-order valence-corrected chi connectivity index (χ0v) is 13.0. The predicted molar refractivity (Wildman–Crippen MR) is 83.2 cm³/mol. The average molecular weight is 288 g/mol. The second kappa shape index (κ2) is 7.78. The number of hydrogen-bond acceptors (Lipinski definition) is 4. The van der Waals surface area contributed by atoms with Crippen molar-refractivity contribution in [3.05, 3.63) is 42.0 Å². The van der Waals surface area contributed by atoms with E-state index in [4.69, 9.17) is 4.74 Å². The maximum atomic E-state index is 5.78. The topological polar surface area (TPSA) is 52.0 Å². The van der Waals surface area contributed by atoms with E-state index in [9.17, 15) is 0 Å². The highest BCUT2D eigenvalue weighted by Crippen LogP contribution is 2.14. The lowest BCUT2D eigenvalue weighted by molar-refractivity contribution is 0.282. The van der Waals surface area contributed by atoms with Gasteiger partial charge in [0.2, 0.25) is 0 Å². The maximum absolute atomic E-state index is 5.78. The first kappa shape index (κ1) is 15.5. The quantitative estimate of drug-likeness (QED) is 0.759. The summed E-state index contributed by atoms with van der Waals surface area (Å²) in [7, 11) is 0. The summed E-state index contributed by atoms with van der Waals surface area (Å²) in [6.45, 7) is 8.71. The molecule has 0 aliphatic heterocycles. The molecule has 114 valence electrons. The van der Waals surface area contributed by atoms with E-state index in [1.165, 1.54) is 5.56 Å². The molecule has 5 nitrogen and oxygen atoms in total. The molecule has 5 heteroatoms. The molecule has 0 amide bonds. The predicted octanol–water partition coefficient (Wildman–Crippen LogP) is 2.94. The van der Waals surface area contributed by atoms with Crippen LogP contribution in [0.25, 0.3) is 0 Å². The van der Waals surface area contributed by atoms with Gasteiger partial charge in [0.15, 0.2) is 5.82 Å². The third-order valence-corrected chi connectivity index (χ3v) is 3.18. The molecule has 21 heavy (non-hydrogen) atoms. The molecule has 0 bridgehead atoms. The molecule has 0 saturated heterocycles. The van der Waals surface area contributed by atoms with Crippen LogP contribution in [0.5, 0.6) is 5.75 Å². The van der Waals surface area contributed by atoms with Crippen molar-refractivity contribution in [1.82, 2.24) is 20.1 Å². The Morgan fingerprint density at radius 2 is 2.00 bits per heavy atom. The van der Waals surface area contributed by atoms with Crippen LogP contribution in [-0.4, -0.2) is 21.3 Å². The summed E-state index contributed by atoms with van der Waals surface area (Å²) in [5, 5.41) is 7.58. The normalized spacial score (nSPS) is 11.0. The van der Waals surface area contributed by atoms with Gasteiger partial charge in [0.05, 0.1) is 0 Å². The molecule has 0 radical (unpaired) electrons. The van der Waals surface area contributed by atoms with E-state index in [0.717, 1.165) is 31.1 Å². The summed E-state index contributed by atoms with van der Waals surface area (Å²) in [5.41, 5.74) is 1.26. The fourth-order valence-corrected chi connectivity index (χ4v) is 2.07. The Hall–Kier alpha value is -1.88. The smallest absolute Gasteiger partial charge is 0.165 e. The van der Waals surface area contributed by atoms with Gasteiger partial charge in [-0.2, -0.15) is 5.10 Å². The van der Waals surface area contributed by atoms with Crippen LogP contribution < -0.4 is 10.1 Å². The zero-order chi connectivity index (χ0) is 15.1. The third kappa shape index (κ3) is 4.56. The molecule has 2 rings (SSSR count). The first-order valence-corrected chi connectivity index (χ1v) is 7.51. The van der Waals surface area contributed by atoms with E-state index in [-0.39, 0.29) is 6.04 Å². The van der Waals surface area contributed by atoms with Gasteiger partial charge in [0.1, 0.15) is 18.7 Å². The van der Waals surface area contributed by atoms with Crippen LogP contribution in [0.3, 0.4) is 0 Å². The summed E-state index contributed by atoms with van der Waals surface area (Å²) < 4.78 is 7.66. The third-order valence-electron chi connectivity index (χ3n) is 3.18. The van der Waals surface area contributed by atoms with Crippen LogP contribution in [0.1, 0.15) is 44.6 Å². The summed E-state index contributed by atoms with van der Waals surface area (Å²) in [6.07, 6.45) is 2.72. The molecule has 0 unspecified atom stereocenters. The SMILES string of the molecule is CCCNCc1ccc(OCc2ncnn2C(C)C)cc1. The van der Waals surface area contributed by atoms with Gasteiger partial charge in [-0.25, -0.2) is 9.67 Å². The van der Waals surface area contributed by atoms with Crippen LogP contribution in [0.15, 0.2) is 30.6 Å². The Morgan fingerprint density at radius 1 is 1.24 bits per heavy atom. The van der Waals surface area contributed by atoms with Gasteiger partial charge in [0, 0.05) is 12.6 Å². The van der Waals surface area contributed by atoms with Crippen molar-refractivity contribution in [3.8, 4) is 5.75 Å². The van der Waals surface area contributed by atoms with Crippen LogP contribution in [-0.2, 0) is 13.2 Å². The molecule has 0 saturated carbocycles. The Balaban J connectivity index is 1.87. The molecule has 1 N–H and O–H groups in total. The first-order chi connectivity index (χ1) is 10.2. The van der Waals surface area contributed by atoms with Crippen molar-refractivity contribution in [3.63, 3.8) is 0 Å².